The lowest BCUT2D eigenvalue weighted by atomic mass is 10.0. The minimum absolute atomic E-state index is 0.126. The van der Waals surface area contributed by atoms with Crippen LogP contribution in [0.25, 0.3) is 0 Å². The number of carboxylic acid groups (broad SMARTS) is 1. The molecule has 0 radical (unpaired) electrons. The molecule has 1 fully saturated rings. The Hall–Kier alpha value is -1.51. The molecule has 0 aliphatic heterocycles. The molecule has 1 saturated carbocycles. The molecule has 18 heavy (non-hydrogen) atoms. The van der Waals surface area contributed by atoms with E-state index in [0.29, 0.717) is 5.92 Å². The molecular formula is C15H21NO2. The van der Waals surface area contributed by atoms with Gasteiger partial charge in [0.05, 0.1) is 5.92 Å². The molecule has 0 saturated heterocycles. The Balaban J connectivity index is 2.08. The second-order valence-corrected chi connectivity index (χ2v) is 5.54. The smallest absolute Gasteiger partial charge is 0.306 e. The van der Waals surface area contributed by atoms with Gasteiger partial charge in [-0.25, -0.2) is 0 Å². The van der Waals surface area contributed by atoms with Crippen molar-refractivity contribution in [2.45, 2.75) is 27.2 Å². The number of benzene rings is 1. The van der Waals surface area contributed by atoms with Gasteiger partial charge in [0, 0.05) is 19.3 Å². The molecule has 2 rings (SSSR count). The molecule has 1 N–H and O–H groups in total. The molecule has 0 spiro atoms. The molecular weight excluding hydrogens is 226 g/mol. The number of aliphatic carboxylic acids is 1. The van der Waals surface area contributed by atoms with Crippen molar-refractivity contribution < 1.29 is 9.90 Å². The minimum Gasteiger partial charge on any atom is -0.481 e. The number of aryl methyl sites for hydroxylation is 3. The third kappa shape index (κ3) is 2.50. The molecule has 0 amide bonds. The zero-order chi connectivity index (χ0) is 13.4. The first-order valence-corrected chi connectivity index (χ1v) is 6.42. The van der Waals surface area contributed by atoms with Gasteiger partial charge >= 0.3 is 5.97 Å². The SMILES string of the molecule is Cc1cc(C)c(N(C)CC2CC2C(=O)O)cc1C. The van der Waals surface area contributed by atoms with Crippen LogP contribution in [-0.2, 0) is 4.79 Å². The van der Waals surface area contributed by atoms with Gasteiger partial charge in [-0.05, 0) is 55.9 Å². The number of carbonyl (C=O) groups is 1. The van der Waals surface area contributed by atoms with Gasteiger partial charge in [0.15, 0.2) is 0 Å². The monoisotopic (exact) mass is 247 g/mol. The Morgan fingerprint density at radius 3 is 2.44 bits per heavy atom. The molecule has 0 heterocycles. The van der Waals surface area contributed by atoms with Crippen LogP contribution in [0.4, 0.5) is 5.69 Å². The molecule has 0 bridgehead atoms. The summed E-state index contributed by atoms with van der Waals surface area (Å²) in [4.78, 5) is 13.0. The highest BCUT2D eigenvalue weighted by molar-refractivity contribution is 5.73. The Kier molecular flexibility index (Phi) is 3.33. The highest BCUT2D eigenvalue weighted by Gasteiger charge is 2.43. The van der Waals surface area contributed by atoms with Crippen LogP contribution in [-0.4, -0.2) is 24.7 Å². The van der Waals surface area contributed by atoms with Gasteiger partial charge in [-0.2, -0.15) is 0 Å². The largest absolute Gasteiger partial charge is 0.481 e. The fraction of sp³-hybridized carbons (Fsp3) is 0.533. The van der Waals surface area contributed by atoms with Gasteiger partial charge in [0.25, 0.3) is 0 Å². The second-order valence-electron chi connectivity index (χ2n) is 5.54. The summed E-state index contributed by atoms with van der Waals surface area (Å²) in [7, 11) is 2.05. The molecule has 3 heteroatoms. The molecule has 2 atom stereocenters. The summed E-state index contributed by atoms with van der Waals surface area (Å²) in [6.07, 6.45) is 0.823. The highest BCUT2D eigenvalue weighted by Crippen LogP contribution is 2.40. The Labute approximate surface area is 108 Å². The zero-order valence-electron chi connectivity index (χ0n) is 11.5. The van der Waals surface area contributed by atoms with E-state index in [4.69, 9.17) is 5.11 Å². The minimum atomic E-state index is -0.648. The van der Waals surface area contributed by atoms with Gasteiger partial charge in [0.2, 0.25) is 0 Å². The van der Waals surface area contributed by atoms with Crippen molar-refractivity contribution in [1.29, 1.82) is 0 Å². The van der Waals surface area contributed by atoms with Crippen LogP contribution in [0.3, 0.4) is 0 Å². The predicted molar refractivity (Wildman–Crippen MR) is 73.2 cm³/mol. The summed E-state index contributed by atoms with van der Waals surface area (Å²) in [5.74, 6) is -0.460. The van der Waals surface area contributed by atoms with Crippen molar-refractivity contribution in [2.24, 2.45) is 11.8 Å². The normalized spacial score (nSPS) is 21.8. The number of nitrogens with zero attached hydrogens (tertiary/aromatic N) is 1. The fourth-order valence-corrected chi connectivity index (χ4v) is 2.56. The van der Waals surface area contributed by atoms with Crippen molar-refractivity contribution >= 4 is 11.7 Å². The van der Waals surface area contributed by atoms with Crippen LogP contribution in [0.15, 0.2) is 12.1 Å². The zero-order valence-corrected chi connectivity index (χ0v) is 11.5. The van der Waals surface area contributed by atoms with Crippen molar-refractivity contribution in [2.75, 3.05) is 18.5 Å². The predicted octanol–water partition coefficient (Wildman–Crippen LogP) is 2.77. The maximum atomic E-state index is 10.8. The van der Waals surface area contributed by atoms with Crippen LogP contribution in [0.5, 0.6) is 0 Å². The Morgan fingerprint density at radius 2 is 1.89 bits per heavy atom. The van der Waals surface area contributed by atoms with Gasteiger partial charge in [-0.3, -0.25) is 4.79 Å². The molecule has 0 aromatic heterocycles. The topological polar surface area (TPSA) is 40.5 Å². The first-order valence-electron chi connectivity index (χ1n) is 6.42. The third-order valence-corrected chi connectivity index (χ3v) is 3.97. The Bertz CT molecular complexity index is 482. The standard InChI is InChI=1S/C15H21NO2/c1-9-5-11(3)14(6-10(9)2)16(4)8-12-7-13(12)15(17)18/h5-6,12-13H,7-8H2,1-4H3,(H,17,18). The van der Waals surface area contributed by atoms with E-state index in [-0.39, 0.29) is 5.92 Å². The van der Waals surface area contributed by atoms with Crippen LogP contribution in [0, 0.1) is 32.6 Å². The summed E-state index contributed by atoms with van der Waals surface area (Å²) >= 11 is 0. The van der Waals surface area contributed by atoms with E-state index in [1.165, 1.54) is 22.4 Å². The average molecular weight is 247 g/mol. The van der Waals surface area contributed by atoms with E-state index in [1.54, 1.807) is 0 Å². The number of anilines is 1. The number of carboxylic acids is 1. The van der Waals surface area contributed by atoms with E-state index >= 15 is 0 Å². The molecule has 1 aliphatic carbocycles. The second kappa shape index (κ2) is 4.63. The van der Waals surface area contributed by atoms with Gasteiger partial charge in [-0.1, -0.05) is 6.07 Å². The van der Waals surface area contributed by atoms with E-state index in [9.17, 15) is 4.79 Å². The van der Waals surface area contributed by atoms with Crippen LogP contribution in [0.1, 0.15) is 23.1 Å². The number of hydrogen-bond acceptors (Lipinski definition) is 2. The summed E-state index contributed by atoms with van der Waals surface area (Å²) in [5, 5.41) is 8.92. The van der Waals surface area contributed by atoms with Crippen LogP contribution in [0.2, 0.25) is 0 Å². The van der Waals surface area contributed by atoms with E-state index < -0.39 is 5.97 Å². The molecule has 2 unspecified atom stereocenters. The molecule has 3 nitrogen and oxygen atoms in total. The van der Waals surface area contributed by atoms with E-state index in [2.05, 4.69) is 37.8 Å². The number of rotatable bonds is 4. The summed E-state index contributed by atoms with van der Waals surface area (Å²) in [6.45, 7) is 7.18. The molecule has 1 aromatic rings. The first kappa shape index (κ1) is 12.9. The summed E-state index contributed by atoms with van der Waals surface area (Å²) < 4.78 is 0. The van der Waals surface area contributed by atoms with Crippen LogP contribution < -0.4 is 4.90 Å². The molecule has 1 aliphatic rings. The van der Waals surface area contributed by atoms with Gasteiger partial charge in [-0.15, -0.1) is 0 Å². The van der Waals surface area contributed by atoms with Crippen LogP contribution >= 0.6 is 0 Å². The lowest BCUT2D eigenvalue weighted by Crippen LogP contribution is -2.22. The van der Waals surface area contributed by atoms with Gasteiger partial charge < -0.3 is 10.0 Å². The van der Waals surface area contributed by atoms with Crippen molar-refractivity contribution in [3.8, 4) is 0 Å². The molecule has 98 valence electrons. The number of hydrogen-bond donors (Lipinski definition) is 1. The highest BCUT2D eigenvalue weighted by atomic mass is 16.4. The fourth-order valence-electron chi connectivity index (χ4n) is 2.56. The van der Waals surface area contributed by atoms with Crippen molar-refractivity contribution in [3.63, 3.8) is 0 Å². The third-order valence-electron chi connectivity index (χ3n) is 3.97. The van der Waals surface area contributed by atoms with Crippen molar-refractivity contribution in [3.05, 3.63) is 28.8 Å². The summed E-state index contributed by atoms with van der Waals surface area (Å²) in [5.41, 5.74) is 5.06. The van der Waals surface area contributed by atoms with E-state index in [0.717, 1.165) is 13.0 Å². The first-order chi connectivity index (χ1) is 8.40. The average Bonchev–Trinajstić information content (AvgIpc) is 3.02. The Morgan fingerprint density at radius 1 is 1.28 bits per heavy atom. The maximum absolute atomic E-state index is 10.8. The summed E-state index contributed by atoms with van der Waals surface area (Å²) in [6, 6.07) is 4.39. The van der Waals surface area contributed by atoms with Gasteiger partial charge in [0.1, 0.15) is 0 Å². The maximum Gasteiger partial charge on any atom is 0.306 e. The quantitative estimate of drug-likeness (QED) is 0.889. The lowest BCUT2D eigenvalue weighted by Gasteiger charge is -2.22. The van der Waals surface area contributed by atoms with E-state index in [1.807, 2.05) is 7.05 Å². The van der Waals surface area contributed by atoms with Crippen molar-refractivity contribution in [1.82, 2.24) is 0 Å². The lowest BCUT2D eigenvalue weighted by molar-refractivity contribution is -0.138. The molecule has 1 aromatic carbocycles.